The number of aromatic nitrogens is 2. The van der Waals surface area contributed by atoms with Gasteiger partial charge in [0.05, 0.1) is 11.1 Å². The van der Waals surface area contributed by atoms with E-state index in [0.717, 1.165) is 64.6 Å². The molecule has 9 aromatic rings. The van der Waals surface area contributed by atoms with Crippen LogP contribution in [0.2, 0.25) is 0 Å². The van der Waals surface area contributed by atoms with Gasteiger partial charge in [-0.2, -0.15) is 51.7 Å². The molecule has 3 heterocycles. The molecule has 0 saturated heterocycles. The fraction of sp³-hybridized carbons (Fsp3) is 0.0208. The molecule has 7 aromatic carbocycles. The second-order valence-electron chi connectivity index (χ2n) is 13.4. The monoisotopic (exact) mass is 909 g/mol. The van der Waals surface area contributed by atoms with Crippen molar-refractivity contribution < 1.29 is 30.1 Å². The number of para-hydroxylation sites is 3. The van der Waals surface area contributed by atoms with Gasteiger partial charge in [-0.15, -0.1) is 21.6 Å². The van der Waals surface area contributed by atoms with Crippen molar-refractivity contribution in [1.82, 2.24) is 9.55 Å². The summed E-state index contributed by atoms with van der Waals surface area (Å²) in [6, 6.07) is 70.3. The molecule has 0 saturated carbocycles. The number of hydroxylamine groups is 1. The summed E-state index contributed by atoms with van der Waals surface area (Å²) in [5.74, 6) is 0.810. The fourth-order valence-electron chi connectivity index (χ4n) is 8.00. The van der Waals surface area contributed by atoms with E-state index in [2.05, 4.69) is 149 Å². The number of rotatable bonds is 7. The molecule has 5 nitrogen and oxygen atoms in total. The predicted octanol–water partition coefficient (Wildman–Crippen LogP) is 8.25. The molecule has 1 aliphatic heterocycles. The Morgan fingerprint density at radius 2 is 1.24 bits per heavy atom. The Kier molecular flexibility index (Phi) is 8.15. The maximum Gasteiger partial charge on any atom is 0.145 e. The van der Waals surface area contributed by atoms with Gasteiger partial charge < -0.3 is 4.57 Å². The smallest absolute Gasteiger partial charge is 0.145 e. The molecule has 0 spiro atoms. The Balaban J connectivity index is 0.00000436. The Bertz CT molecular complexity index is 2870. The molecule has 0 radical (unpaired) electrons. The minimum absolute atomic E-state index is 0. The van der Waals surface area contributed by atoms with E-state index in [-0.39, 0.29) is 21.1 Å². The van der Waals surface area contributed by atoms with Crippen molar-refractivity contribution in [2.24, 2.45) is 0 Å². The summed E-state index contributed by atoms with van der Waals surface area (Å²) in [6.07, 6.45) is 1.88. The van der Waals surface area contributed by atoms with E-state index in [1.807, 2.05) is 54.7 Å². The average molecular weight is 910 g/mol. The summed E-state index contributed by atoms with van der Waals surface area (Å²) in [4.78, 5) is 9.61. The summed E-state index contributed by atoms with van der Waals surface area (Å²) >= 11 is 0. The first kappa shape index (κ1) is 31.3. The largest absolute Gasteiger partial charge is 0.319 e. The van der Waals surface area contributed by atoms with E-state index >= 15 is 0 Å². The molecule has 7 heteroatoms. The van der Waals surface area contributed by atoms with Crippen molar-refractivity contribution in [3.05, 3.63) is 200 Å². The van der Waals surface area contributed by atoms with Crippen LogP contribution in [-0.4, -0.2) is 29.5 Å². The predicted molar refractivity (Wildman–Crippen MR) is 224 cm³/mol. The van der Waals surface area contributed by atoms with E-state index in [1.54, 1.807) is 11.1 Å². The van der Waals surface area contributed by atoms with E-state index in [0.29, 0.717) is 17.1 Å². The molecule has 0 bridgehead atoms. The van der Waals surface area contributed by atoms with Gasteiger partial charge in [-0.25, -0.2) is 4.98 Å². The Labute approximate surface area is 340 Å². The number of hydrogen-bond acceptors (Lipinski definition) is 3. The Hall–Kier alpha value is -6.04. The van der Waals surface area contributed by atoms with Crippen LogP contribution in [0.4, 0.5) is 17.1 Å². The van der Waals surface area contributed by atoms with Gasteiger partial charge in [-0.3, -0.25) is 0 Å². The van der Waals surface area contributed by atoms with Crippen molar-refractivity contribution in [2.45, 2.75) is 0 Å². The van der Waals surface area contributed by atoms with Gasteiger partial charge in [0, 0.05) is 38.5 Å². The minimum atomic E-state index is -3.22. The summed E-state index contributed by atoms with van der Waals surface area (Å²) in [5, 5.41) is 9.37. The zero-order valence-corrected chi connectivity index (χ0v) is 32.7. The topological polar surface area (TPSA) is 37.1 Å². The van der Waals surface area contributed by atoms with Crippen molar-refractivity contribution in [2.75, 3.05) is 17.1 Å². The summed E-state index contributed by atoms with van der Waals surface area (Å²) in [7, 11) is -3.22. The van der Waals surface area contributed by atoms with Crippen LogP contribution in [-0.2, 0) is 21.1 Å². The summed E-state index contributed by atoms with van der Waals surface area (Å²) in [6.45, 7) is -2.46. The second-order valence-corrected chi connectivity index (χ2v) is 17.1. The summed E-state index contributed by atoms with van der Waals surface area (Å²) < 4.78 is 27.0. The van der Waals surface area contributed by atoms with E-state index in [1.165, 1.54) is 0 Å². The first-order valence-electron chi connectivity index (χ1n) is 19.4. The van der Waals surface area contributed by atoms with Crippen LogP contribution in [0.5, 0.6) is 0 Å². The molecule has 0 amide bonds. The third-order valence-corrected chi connectivity index (χ3v) is 15.0. The van der Waals surface area contributed by atoms with Gasteiger partial charge in [0.25, 0.3) is 0 Å². The maximum atomic E-state index is 8.26. The van der Waals surface area contributed by atoms with E-state index in [4.69, 9.17) is 9.10 Å². The molecule has 1 N–H and O–H groups in total. The fourth-order valence-corrected chi connectivity index (χ4v) is 12.5. The number of nitrogens with zero attached hydrogens (tertiary/aromatic N) is 4. The van der Waals surface area contributed by atoms with Crippen molar-refractivity contribution >= 4 is 67.7 Å². The van der Waals surface area contributed by atoms with Gasteiger partial charge >= 0.3 is 0 Å². The average Bonchev–Trinajstić information content (AvgIpc) is 3.82. The SMILES string of the molecule is [2H]C([2H])([2H])N1[OH+]N(c2[c-]c([Si](c3[c-]c4c(cc3)c3ccccc3n4-c3cc(-c4ccccc4)ccn3)(c3ccccc3)c3ccccc3)ccc2)c2ccccc21.[Pt]. The van der Waals surface area contributed by atoms with Gasteiger partial charge in [-0.05, 0) is 57.2 Å². The molecule has 55 heavy (non-hydrogen) atoms. The first-order valence-corrected chi connectivity index (χ1v) is 19.9. The molecule has 1 aliphatic rings. The first-order chi connectivity index (χ1) is 27.9. The quantitative estimate of drug-likeness (QED) is 0.0701. The molecule has 2 aromatic heterocycles. The molecule has 0 aliphatic carbocycles. The normalized spacial score (nSPS) is 13.6. The molecular formula is C48H35N4OPtSi-. The van der Waals surface area contributed by atoms with Crippen molar-refractivity contribution in [3.63, 3.8) is 0 Å². The number of hydrogen-bond donors (Lipinski definition) is 0. The van der Waals surface area contributed by atoms with Gasteiger partial charge in [0.15, 0.2) is 0 Å². The van der Waals surface area contributed by atoms with Crippen LogP contribution in [0.3, 0.4) is 0 Å². The van der Waals surface area contributed by atoms with Crippen LogP contribution in [0.15, 0.2) is 188 Å². The molecule has 268 valence electrons. The van der Waals surface area contributed by atoms with Gasteiger partial charge in [0.1, 0.15) is 25.3 Å². The van der Waals surface area contributed by atoms with Gasteiger partial charge in [0.2, 0.25) is 0 Å². The molecular weight excluding hydrogens is 872 g/mol. The van der Waals surface area contributed by atoms with Gasteiger partial charge in [-0.1, -0.05) is 127 Å². The number of fused-ring (bicyclic) bond motifs is 4. The maximum absolute atomic E-state index is 8.26. The standard InChI is InChI=1S/C48H34N4OSi.Pt/c1-50-45-26-13-14-27-46(45)52(53-50)37-18-15-23-40(33-37)54(38-19-7-3-8-20-38,39-21-9-4-10-22-39)41-28-29-43-42-24-11-12-25-44(42)51(47(43)34-41)48-32-36(30-31-49-48)35-16-5-2-6-17-35;/h2-32H,1H3;/q-2;/p+1/i1D3;. The Morgan fingerprint density at radius 1 is 0.582 bits per heavy atom. The zero-order chi connectivity index (χ0) is 38.6. The Morgan fingerprint density at radius 3 is 1.98 bits per heavy atom. The van der Waals surface area contributed by atoms with Crippen LogP contribution < -0.4 is 30.9 Å². The second kappa shape index (κ2) is 14.3. The third-order valence-electron chi connectivity index (χ3n) is 10.4. The molecule has 0 fully saturated rings. The number of benzene rings is 7. The third kappa shape index (κ3) is 5.73. The number of pyridine rings is 1. The van der Waals surface area contributed by atoms with Crippen LogP contribution in [0.25, 0.3) is 38.8 Å². The number of anilines is 3. The van der Waals surface area contributed by atoms with E-state index in [9.17, 15) is 0 Å². The molecule has 0 atom stereocenters. The van der Waals surface area contributed by atoms with Crippen LogP contribution in [0, 0.1) is 12.1 Å². The van der Waals surface area contributed by atoms with Crippen molar-refractivity contribution in [3.8, 4) is 16.9 Å². The van der Waals surface area contributed by atoms with E-state index < -0.39 is 15.0 Å². The zero-order valence-electron chi connectivity index (χ0n) is 32.5. The molecule has 0 unspecified atom stereocenters. The summed E-state index contributed by atoms with van der Waals surface area (Å²) in [5.41, 5.74) is 6.02. The van der Waals surface area contributed by atoms with Crippen molar-refractivity contribution in [1.29, 1.82) is 0 Å². The van der Waals surface area contributed by atoms with Crippen LogP contribution >= 0.6 is 0 Å². The minimum Gasteiger partial charge on any atom is -0.319 e. The molecule has 10 rings (SSSR count). The van der Waals surface area contributed by atoms with Crippen LogP contribution in [0.1, 0.15) is 4.11 Å².